The zero-order chi connectivity index (χ0) is 21.7. The third-order valence-corrected chi connectivity index (χ3v) is 5.89. The second-order valence-corrected chi connectivity index (χ2v) is 7.74. The molecule has 1 N–H and O–H groups in total. The number of Topliss-reactive ketones (excluding diaryl/α,β-unsaturated/α-hetero) is 1. The number of carbonyl (C=O) groups is 1. The van der Waals surface area contributed by atoms with Gasteiger partial charge in [-0.25, -0.2) is 4.99 Å². The largest absolute Gasteiger partial charge is 0.505 e. The first-order valence-electron chi connectivity index (χ1n) is 10.4. The minimum absolute atomic E-state index is 0.0585. The molecule has 5 aromatic rings. The summed E-state index contributed by atoms with van der Waals surface area (Å²) in [5, 5.41) is 12.3. The Hall–Kier alpha value is -4.44. The van der Waals surface area contributed by atoms with Gasteiger partial charge < -0.3 is 9.67 Å². The van der Waals surface area contributed by atoms with E-state index in [1.807, 2.05) is 102 Å². The van der Waals surface area contributed by atoms with E-state index in [0.29, 0.717) is 22.3 Å². The maximum atomic E-state index is 13.3. The van der Waals surface area contributed by atoms with E-state index in [2.05, 4.69) is 4.99 Å². The van der Waals surface area contributed by atoms with Crippen LogP contribution in [0.15, 0.2) is 108 Å². The summed E-state index contributed by atoms with van der Waals surface area (Å²) < 4.78 is 1.93. The van der Waals surface area contributed by atoms with E-state index in [1.165, 1.54) is 0 Å². The molecule has 0 fully saturated rings. The first-order valence-corrected chi connectivity index (χ1v) is 10.4. The standard InChI is InChI=1S/C28H18N2O2/c31-27-21-14-7-8-16-22(21)29-25(27)26-28(32)24-20(18-10-3-1-4-11-18)15-9-17-23(24)30(26)19-12-5-2-6-13-19/h1-17,32H. The van der Waals surface area contributed by atoms with Gasteiger partial charge in [0, 0.05) is 11.3 Å². The minimum Gasteiger partial charge on any atom is -0.505 e. The van der Waals surface area contributed by atoms with Crippen molar-refractivity contribution in [3.63, 3.8) is 0 Å². The Labute approximate surface area is 184 Å². The zero-order valence-electron chi connectivity index (χ0n) is 17.1. The Bertz CT molecular complexity index is 1530. The van der Waals surface area contributed by atoms with Crippen molar-refractivity contribution in [3.05, 3.63) is 114 Å². The van der Waals surface area contributed by atoms with Crippen LogP contribution in [0.25, 0.3) is 27.7 Å². The summed E-state index contributed by atoms with van der Waals surface area (Å²) in [6.45, 7) is 0. The molecule has 0 saturated heterocycles. The fraction of sp³-hybridized carbons (Fsp3) is 0. The number of rotatable bonds is 3. The van der Waals surface area contributed by atoms with Crippen LogP contribution in [0.5, 0.6) is 5.75 Å². The van der Waals surface area contributed by atoms with Crippen molar-refractivity contribution in [2.45, 2.75) is 0 Å². The number of aromatic nitrogens is 1. The topological polar surface area (TPSA) is 54.6 Å². The minimum atomic E-state index is -0.183. The lowest BCUT2D eigenvalue weighted by Gasteiger charge is -2.10. The molecular weight excluding hydrogens is 396 g/mol. The van der Waals surface area contributed by atoms with E-state index < -0.39 is 0 Å². The van der Waals surface area contributed by atoms with Crippen molar-refractivity contribution in [1.82, 2.24) is 4.57 Å². The number of hydrogen-bond donors (Lipinski definition) is 1. The van der Waals surface area contributed by atoms with Gasteiger partial charge in [0.15, 0.2) is 5.75 Å². The van der Waals surface area contributed by atoms with E-state index in [4.69, 9.17) is 0 Å². The van der Waals surface area contributed by atoms with Crippen molar-refractivity contribution < 1.29 is 9.90 Å². The van der Waals surface area contributed by atoms with E-state index in [9.17, 15) is 9.90 Å². The summed E-state index contributed by atoms with van der Waals surface area (Å²) in [6, 6.07) is 32.9. The van der Waals surface area contributed by atoms with E-state index in [-0.39, 0.29) is 17.2 Å². The Morgan fingerprint density at radius 2 is 1.34 bits per heavy atom. The molecule has 1 aliphatic rings. The number of ketones is 1. The van der Waals surface area contributed by atoms with Crippen LogP contribution in [0.3, 0.4) is 0 Å². The number of aliphatic imine (C=N–C) groups is 1. The Morgan fingerprint density at radius 3 is 2.09 bits per heavy atom. The van der Waals surface area contributed by atoms with E-state index in [1.54, 1.807) is 6.07 Å². The number of nitrogens with zero attached hydrogens (tertiary/aromatic N) is 2. The van der Waals surface area contributed by atoms with Gasteiger partial charge in [-0.3, -0.25) is 4.79 Å². The number of fused-ring (bicyclic) bond motifs is 2. The average Bonchev–Trinajstić information content (AvgIpc) is 3.34. The van der Waals surface area contributed by atoms with E-state index in [0.717, 1.165) is 22.3 Å². The third kappa shape index (κ3) is 2.63. The highest BCUT2D eigenvalue weighted by atomic mass is 16.3. The molecule has 0 aliphatic carbocycles. The van der Waals surface area contributed by atoms with Crippen LogP contribution < -0.4 is 0 Å². The van der Waals surface area contributed by atoms with Crippen molar-refractivity contribution >= 4 is 28.1 Å². The SMILES string of the molecule is O=C1C(c2c(O)c3c(-c4ccccc4)cccc3n2-c2ccccc2)=Nc2ccccc21. The molecule has 6 rings (SSSR count). The van der Waals surface area contributed by atoms with Gasteiger partial charge in [-0.05, 0) is 41.5 Å². The van der Waals surface area contributed by atoms with Crippen LogP contribution in [-0.4, -0.2) is 21.2 Å². The normalized spacial score (nSPS) is 12.8. The van der Waals surface area contributed by atoms with Crippen LogP contribution in [0.2, 0.25) is 0 Å². The lowest BCUT2D eigenvalue weighted by Crippen LogP contribution is -2.15. The van der Waals surface area contributed by atoms with Crippen LogP contribution >= 0.6 is 0 Å². The monoisotopic (exact) mass is 414 g/mol. The second kappa shape index (κ2) is 7.06. The number of benzene rings is 4. The first kappa shape index (κ1) is 18.3. The predicted molar refractivity (Wildman–Crippen MR) is 127 cm³/mol. The lowest BCUT2D eigenvalue weighted by atomic mass is 10.0. The molecule has 0 atom stereocenters. The first-order chi connectivity index (χ1) is 15.7. The van der Waals surface area contributed by atoms with Crippen molar-refractivity contribution in [2.75, 3.05) is 0 Å². The summed E-state index contributed by atoms with van der Waals surface area (Å²) in [5.74, 6) is -0.125. The van der Waals surface area contributed by atoms with Crippen LogP contribution in [0.4, 0.5) is 5.69 Å². The summed E-state index contributed by atoms with van der Waals surface area (Å²) in [7, 11) is 0. The van der Waals surface area contributed by atoms with Gasteiger partial charge in [-0.15, -0.1) is 0 Å². The summed E-state index contributed by atoms with van der Waals surface area (Å²) in [4.78, 5) is 17.9. The molecule has 1 aromatic heterocycles. The van der Waals surface area contributed by atoms with Crippen molar-refractivity contribution in [3.8, 4) is 22.6 Å². The van der Waals surface area contributed by atoms with Crippen LogP contribution in [0, 0.1) is 0 Å². The summed E-state index contributed by atoms with van der Waals surface area (Å²) >= 11 is 0. The van der Waals surface area contributed by atoms with Gasteiger partial charge >= 0.3 is 0 Å². The van der Waals surface area contributed by atoms with Crippen molar-refractivity contribution in [1.29, 1.82) is 0 Å². The molecule has 32 heavy (non-hydrogen) atoms. The van der Waals surface area contributed by atoms with E-state index >= 15 is 0 Å². The highest BCUT2D eigenvalue weighted by Crippen LogP contribution is 2.43. The maximum Gasteiger partial charge on any atom is 0.215 e. The highest BCUT2D eigenvalue weighted by Gasteiger charge is 2.32. The fourth-order valence-electron chi connectivity index (χ4n) is 4.46. The number of hydrogen-bond acceptors (Lipinski definition) is 3. The smallest absolute Gasteiger partial charge is 0.215 e. The van der Waals surface area contributed by atoms with Crippen molar-refractivity contribution in [2.24, 2.45) is 4.99 Å². The third-order valence-electron chi connectivity index (χ3n) is 5.89. The number of para-hydroxylation sites is 2. The van der Waals surface area contributed by atoms with Crippen LogP contribution in [-0.2, 0) is 0 Å². The fourth-order valence-corrected chi connectivity index (χ4v) is 4.46. The molecular formula is C28H18N2O2. The molecule has 0 saturated carbocycles. The predicted octanol–water partition coefficient (Wildman–Crippen LogP) is 6.32. The molecule has 1 aliphatic heterocycles. The molecule has 0 radical (unpaired) electrons. The Balaban J connectivity index is 1.71. The second-order valence-electron chi connectivity index (χ2n) is 7.74. The average molecular weight is 414 g/mol. The molecule has 4 aromatic carbocycles. The molecule has 0 bridgehead atoms. The van der Waals surface area contributed by atoms with Gasteiger partial charge in [0.05, 0.1) is 16.6 Å². The Morgan fingerprint density at radius 1 is 0.688 bits per heavy atom. The number of aromatic hydroxyl groups is 1. The Kier molecular flexibility index (Phi) is 4.05. The molecule has 2 heterocycles. The lowest BCUT2D eigenvalue weighted by molar-refractivity contribution is 0.106. The quantitative estimate of drug-likeness (QED) is 0.376. The van der Waals surface area contributed by atoms with Crippen LogP contribution in [0.1, 0.15) is 16.1 Å². The van der Waals surface area contributed by atoms with Gasteiger partial charge in [0.25, 0.3) is 0 Å². The zero-order valence-corrected chi connectivity index (χ0v) is 17.1. The summed E-state index contributed by atoms with van der Waals surface area (Å²) in [5.41, 5.74) is 5.41. The van der Waals surface area contributed by atoms with Gasteiger partial charge in [0.2, 0.25) is 5.78 Å². The molecule has 152 valence electrons. The summed E-state index contributed by atoms with van der Waals surface area (Å²) in [6.07, 6.45) is 0. The van der Waals surface area contributed by atoms with Gasteiger partial charge in [-0.2, -0.15) is 0 Å². The van der Waals surface area contributed by atoms with Gasteiger partial charge in [0.1, 0.15) is 11.4 Å². The van der Waals surface area contributed by atoms with Gasteiger partial charge in [-0.1, -0.05) is 72.8 Å². The molecule has 4 heteroatoms. The molecule has 0 spiro atoms. The molecule has 0 amide bonds. The molecule has 0 unspecified atom stereocenters. The highest BCUT2D eigenvalue weighted by molar-refractivity contribution is 6.55. The maximum absolute atomic E-state index is 13.3. The number of carbonyl (C=O) groups excluding carboxylic acids is 1. The molecule has 4 nitrogen and oxygen atoms in total.